The molecular formula is C17H18N2O4. The number of nitrogens with one attached hydrogen (secondary N) is 1. The van der Waals surface area contributed by atoms with Crippen LogP contribution in [-0.4, -0.2) is 36.3 Å². The Morgan fingerprint density at radius 3 is 2.22 bits per heavy atom. The maximum atomic E-state index is 12.3. The predicted octanol–water partition coefficient (Wildman–Crippen LogP) is 1.58. The number of imide groups is 1. The second-order valence-corrected chi connectivity index (χ2v) is 5.70. The van der Waals surface area contributed by atoms with Crippen LogP contribution in [0.2, 0.25) is 0 Å². The van der Waals surface area contributed by atoms with E-state index in [1.807, 2.05) is 12.2 Å². The minimum atomic E-state index is -0.386. The highest BCUT2D eigenvalue weighted by Crippen LogP contribution is 2.34. The average Bonchev–Trinajstić information content (AvgIpc) is 2.81. The van der Waals surface area contributed by atoms with Crippen molar-refractivity contribution in [3.63, 3.8) is 0 Å². The van der Waals surface area contributed by atoms with E-state index in [1.54, 1.807) is 31.4 Å². The normalized spacial score (nSPS) is 22.9. The van der Waals surface area contributed by atoms with Crippen molar-refractivity contribution < 1.29 is 19.1 Å². The fourth-order valence-electron chi connectivity index (χ4n) is 3.04. The molecule has 0 radical (unpaired) electrons. The molecule has 3 amide bonds. The number of carbonyl (C=O) groups is 3. The molecule has 0 bridgehead atoms. The highest BCUT2D eigenvalue weighted by Gasteiger charge is 2.47. The molecule has 1 fully saturated rings. The average molecular weight is 314 g/mol. The lowest BCUT2D eigenvalue weighted by atomic mass is 9.85. The topological polar surface area (TPSA) is 75.7 Å². The summed E-state index contributed by atoms with van der Waals surface area (Å²) in [5.41, 5.74) is 0.592. The Morgan fingerprint density at radius 1 is 1.13 bits per heavy atom. The molecule has 1 aliphatic carbocycles. The van der Waals surface area contributed by atoms with E-state index < -0.39 is 0 Å². The van der Waals surface area contributed by atoms with Gasteiger partial charge in [0.2, 0.25) is 17.7 Å². The first kappa shape index (κ1) is 15.3. The molecule has 0 aromatic heterocycles. The van der Waals surface area contributed by atoms with Crippen molar-refractivity contribution in [3.8, 4) is 5.75 Å². The van der Waals surface area contributed by atoms with E-state index in [4.69, 9.17) is 4.74 Å². The largest absolute Gasteiger partial charge is 0.497 e. The summed E-state index contributed by atoms with van der Waals surface area (Å²) in [5, 5.41) is 2.69. The highest BCUT2D eigenvalue weighted by molar-refractivity contribution is 6.08. The molecule has 2 aliphatic rings. The summed E-state index contributed by atoms with van der Waals surface area (Å²) in [6.07, 6.45) is 5.00. The Morgan fingerprint density at radius 2 is 1.70 bits per heavy atom. The van der Waals surface area contributed by atoms with E-state index in [0.29, 0.717) is 24.3 Å². The summed E-state index contributed by atoms with van der Waals surface area (Å²) in [5.74, 6) is -0.793. The Labute approximate surface area is 134 Å². The number of nitrogens with zero attached hydrogens (tertiary/aromatic N) is 1. The van der Waals surface area contributed by atoms with Gasteiger partial charge in [-0.2, -0.15) is 0 Å². The fourth-order valence-corrected chi connectivity index (χ4v) is 3.04. The van der Waals surface area contributed by atoms with Gasteiger partial charge in [-0.25, -0.2) is 0 Å². The molecule has 3 rings (SSSR count). The van der Waals surface area contributed by atoms with Crippen LogP contribution >= 0.6 is 0 Å². The molecule has 6 nitrogen and oxygen atoms in total. The van der Waals surface area contributed by atoms with Crippen molar-refractivity contribution in [2.75, 3.05) is 19.0 Å². The lowest BCUT2D eigenvalue weighted by Gasteiger charge is -2.14. The van der Waals surface area contributed by atoms with Gasteiger partial charge in [0.05, 0.1) is 18.9 Å². The summed E-state index contributed by atoms with van der Waals surface area (Å²) in [4.78, 5) is 37.8. The van der Waals surface area contributed by atoms with Crippen LogP contribution in [0.1, 0.15) is 12.8 Å². The Bertz CT molecular complexity index is 640. The smallest absolute Gasteiger partial charge is 0.244 e. The molecule has 0 spiro atoms. The molecule has 120 valence electrons. The number of anilines is 1. The zero-order valence-electron chi connectivity index (χ0n) is 12.8. The molecule has 23 heavy (non-hydrogen) atoms. The van der Waals surface area contributed by atoms with Gasteiger partial charge in [-0.15, -0.1) is 0 Å². The number of amides is 3. The predicted molar refractivity (Wildman–Crippen MR) is 83.7 cm³/mol. The summed E-state index contributed by atoms with van der Waals surface area (Å²) < 4.78 is 5.05. The minimum absolute atomic E-state index is 0.239. The summed E-state index contributed by atoms with van der Waals surface area (Å²) >= 11 is 0. The SMILES string of the molecule is COc1ccc(NC(=O)CN2C(=O)C3CC=CCC3C2=O)cc1. The van der Waals surface area contributed by atoms with E-state index in [9.17, 15) is 14.4 Å². The maximum absolute atomic E-state index is 12.3. The van der Waals surface area contributed by atoms with Crippen LogP contribution < -0.4 is 10.1 Å². The highest BCUT2D eigenvalue weighted by atomic mass is 16.5. The van der Waals surface area contributed by atoms with Gasteiger partial charge < -0.3 is 10.1 Å². The van der Waals surface area contributed by atoms with Crippen molar-refractivity contribution in [3.05, 3.63) is 36.4 Å². The molecule has 1 aliphatic heterocycles. The zero-order chi connectivity index (χ0) is 16.4. The van der Waals surface area contributed by atoms with Crippen LogP contribution in [0, 0.1) is 11.8 Å². The molecule has 1 aromatic rings. The van der Waals surface area contributed by atoms with Gasteiger partial charge in [-0.05, 0) is 37.1 Å². The van der Waals surface area contributed by atoms with Crippen LogP contribution in [0.4, 0.5) is 5.69 Å². The third-order valence-electron chi connectivity index (χ3n) is 4.27. The second-order valence-electron chi connectivity index (χ2n) is 5.70. The second kappa shape index (κ2) is 6.24. The number of allylic oxidation sites excluding steroid dienone is 2. The number of carbonyl (C=O) groups excluding carboxylic acids is 3. The number of hydrogen-bond acceptors (Lipinski definition) is 4. The number of rotatable bonds is 4. The van der Waals surface area contributed by atoms with Crippen molar-refractivity contribution in [2.24, 2.45) is 11.8 Å². The minimum Gasteiger partial charge on any atom is -0.497 e. The number of hydrogen-bond donors (Lipinski definition) is 1. The number of likely N-dealkylation sites (tertiary alicyclic amines) is 1. The lowest BCUT2D eigenvalue weighted by molar-refractivity contribution is -0.142. The van der Waals surface area contributed by atoms with Crippen LogP contribution in [-0.2, 0) is 14.4 Å². The fraction of sp³-hybridized carbons (Fsp3) is 0.353. The van der Waals surface area contributed by atoms with E-state index in [1.165, 1.54) is 0 Å². The monoisotopic (exact) mass is 314 g/mol. The first-order chi connectivity index (χ1) is 11.1. The van der Waals surface area contributed by atoms with E-state index in [0.717, 1.165) is 4.90 Å². The van der Waals surface area contributed by atoms with Crippen molar-refractivity contribution in [1.29, 1.82) is 0 Å². The van der Waals surface area contributed by atoms with Gasteiger partial charge in [0.1, 0.15) is 12.3 Å². The van der Waals surface area contributed by atoms with Gasteiger partial charge >= 0.3 is 0 Å². The Balaban J connectivity index is 1.63. The van der Waals surface area contributed by atoms with Gasteiger partial charge in [0.25, 0.3) is 0 Å². The van der Waals surface area contributed by atoms with Crippen LogP contribution in [0.25, 0.3) is 0 Å². The third kappa shape index (κ3) is 2.97. The molecule has 1 aromatic carbocycles. The first-order valence-corrected chi connectivity index (χ1v) is 7.54. The standard InChI is InChI=1S/C17H18N2O4/c1-23-12-8-6-11(7-9-12)18-15(20)10-19-16(21)13-4-2-3-5-14(13)17(19)22/h2-3,6-9,13-14H,4-5,10H2,1H3,(H,18,20). The van der Waals surface area contributed by atoms with Crippen LogP contribution in [0.15, 0.2) is 36.4 Å². The number of methoxy groups -OCH3 is 1. The van der Waals surface area contributed by atoms with E-state index in [2.05, 4.69) is 5.32 Å². The molecular weight excluding hydrogens is 296 g/mol. The molecule has 6 heteroatoms. The molecule has 0 saturated carbocycles. The Hall–Kier alpha value is -2.63. The number of fused-ring (bicyclic) bond motifs is 1. The van der Waals surface area contributed by atoms with Crippen LogP contribution in [0.3, 0.4) is 0 Å². The first-order valence-electron chi connectivity index (χ1n) is 7.54. The van der Waals surface area contributed by atoms with Gasteiger partial charge in [-0.1, -0.05) is 12.2 Å². The lowest BCUT2D eigenvalue weighted by Crippen LogP contribution is -2.38. The molecule has 2 unspecified atom stereocenters. The van der Waals surface area contributed by atoms with Crippen molar-refractivity contribution in [2.45, 2.75) is 12.8 Å². The Kier molecular flexibility index (Phi) is 4.14. The maximum Gasteiger partial charge on any atom is 0.244 e. The van der Waals surface area contributed by atoms with Gasteiger partial charge in [0.15, 0.2) is 0 Å². The summed E-state index contributed by atoms with van der Waals surface area (Å²) in [6.45, 7) is -0.239. The van der Waals surface area contributed by atoms with E-state index >= 15 is 0 Å². The number of benzene rings is 1. The van der Waals surface area contributed by atoms with E-state index in [-0.39, 0.29) is 36.1 Å². The zero-order valence-corrected chi connectivity index (χ0v) is 12.8. The molecule has 2 atom stereocenters. The molecule has 1 N–H and O–H groups in total. The summed E-state index contributed by atoms with van der Waals surface area (Å²) in [6, 6.07) is 6.85. The van der Waals surface area contributed by atoms with Gasteiger partial charge in [-0.3, -0.25) is 19.3 Å². The van der Waals surface area contributed by atoms with Gasteiger partial charge in [0, 0.05) is 5.69 Å². The molecule has 1 saturated heterocycles. The van der Waals surface area contributed by atoms with Crippen molar-refractivity contribution in [1.82, 2.24) is 4.90 Å². The van der Waals surface area contributed by atoms with Crippen molar-refractivity contribution >= 4 is 23.4 Å². The quantitative estimate of drug-likeness (QED) is 0.676. The molecule has 1 heterocycles. The third-order valence-corrected chi connectivity index (χ3v) is 4.27. The van der Waals surface area contributed by atoms with Crippen LogP contribution in [0.5, 0.6) is 5.75 Å². The number of ether oxygens (including phenoxy) is 1. The summed E-state index contributed by atoms with van der Waals surface area (Å²) in [7, 11) is 1.56.